The second-order valence-electron chi connectivity index (χ2n) is 24.2. The Bertz CT molecular complexity index is 4620. The van der Waals surface area contributed by atoms with Crippen LogP contribution in [0, 0.1) is 29.5 Å². The number of H-pyrrole nitrogens is 4. The Morgan fingerprint density at radius 2 is 0.966 bits per heavy atom. The van der Waals surface area contributed by atoms with Gasteiger partial charge in [-0.25, -0.2) is 37.3 Å². The highest BCUT2D eigenvalue weighted by Gasteiger charge is 2.26. The Labute approximate surface area is 509 Å². The minimum absolute atomic E-state index is 0.195. The van der Waals surface area contributed by atoms with E-state index in [1.807, 2.05) is 30.9 Å². The first-order valence-corrected chi connectivity index (χ1v) is 30.5. The number of halogens is 1. The largest absolute Gasteiger partial charge is 0.351 e. The Morgan fingerprint density at radius 1 is 0.517 bits per heavy atom. The number of aromatic amines is 4. The second-order valence-corrected chi connectivity index (χ2v) is 24.2. The summed E-state index contributed by atoms with van der Waals surface area (Å²) in [4.78, 5) is 92.2. The molecular formula is C65H72FN17O6. The molecule has 3 fully saturated rings. The number of fused-ring (bicyclic) bond motifs is 3. The minimum atomic E-state index is -0.489. The van der Waals surface area contributed by atoms with Crippen LogP contribution in [-0.2, 0) is 32.2 Å². The summed E-state index contributed by atoms with van der Waals surface area (Å²) in [5, 5.41) is 13.0. The van der Waals surface area contributed by atoms with E-state index in [0.717, 1.165) is 112 Å². The van der Waals surface area contributed by atoms with Crippen LogP contribution in [0.5, 0.6) is 0 Å². The zero-order chi connectivity index (χ0) is 61.5. The van der Waals surface area contributed by atoms with Crippen molar-refractivity contribution in [1.82, 2.24) is 82.2 Å². The van der Waals surface area contributed by atoms with Crippen molar-refractivity contribution in [3.05, 3.63) is 243 Å². The van der Waals surface area contributed by atoms with Gasteiger partial charge in [0.15, 0.2) is 0 Å². The van der Waals surface area contributed by atoms with E-state index in [0.29, 0.717) is 40.7 Å². The second kappa shape index (κ2) is 26.8. The molecule has 4 N–H and O–H groups in total. The lowest BCUT2D eigenvalue weighted by molar-refractivity contribution is 0.185. The Hall–Kier alpha value is -9.65. The summed E-state index contributed by atoms with van der Waals surface area (Å²) in [5.41, 5.74) is 7.61. The third-order valence-electron chi connectivity index (χ3n) is 17.1. The van der Waals surface area contributed by atoms with Gasteiger partial charge in [-0.05, 0) is 166 Å². The van der Waals surface area contributed by atoms with Crippen molar-refractivity contribution < 1.29 is 4.39 Å². The molecule has 24 heteroatoms. The highest BCUT2D eigenvalue weighted by molar-refractivity contribution is 5.66. The van der Waals surface area contributed by atoms with Crippen LogP contribution in [0.25, 0.3) is 33.6 Å². The maximum Gasteiger partial charge on any atom is 0.333 e. The Balaban J connectivity index is 0.000000130. The lowest BCUT2D eigenvalue weighted by atomic mass is 9.90. The first kappa shape index (κ1) is 59.7. The quantitative estimate of drug-likeness (QED) is 0.0939. The zero-order valence-corrected chi connectivity index (χ0v) is 49.8. The molecule has 2 atom stereocenters. The van der Waals surface area contributed by atoms with Crippen molar-refractivity contribution in [2.75, 3.05) is 52.4 Å². The molecule has 0 saturated carbocycles. The highest BCUT2D eigenvalue weighted by atomic mass is 19.1. The molecule has 13 heterocycles. The average Bonchev–Trinajstić information content (AvgIpc) is 2.05. The van der Waals surface area contributed by atoms with Gasteiger partial charge >= 0.3 is 17.1 Å². The fourth-order valence-corrected chi connectivity index (χ4v) is 12.8. The van der Waals surface area contributed by atoms with Gasteiger partial charge < -0.3 is 14.8 Å². The van der Waals surface area contributed by atoms with Gasteiger partial charge in [-0.15, -0.1) is 0 Å². The Kier molecular flexibility index (Phi) is 17.9. The molecule has 0 aliphatic carbocycles. The number of imidazole rings is 1. The van der Waals surface area contributed by atoms with Crippen molar-refractivity contribution in [2.24, 2.45) is 23.7 Å². The molecule has 1 aromatic carbocycles. The van der Waals surface area contributed by atoms with Crippen LogP contribution in [0.15, 0.2) is 176 Å². The van der Waals surface area contributed by atoms with Gasteiger partial charge in [0.2, 0.25) is 0 Å². The molecule has 11 aromatic rings. The molecule has 0 amide bonds. The summed E-state index contributed by atoms with van der Waals surface area (Å²) in [6, 6.07) is 23.3. The average molecular weight is 1210 g/mol. The fourth-order valence-electron chi connectivity index (χ4n) is 12.8. The lowest BCUT2D eigenvalue weighted by Gasteiger charge is -2.31. The van der Waals surface area contributed by atoms with Gasteiger partial charge in [0, 0.05) is 101 Å². The Morgan fingerprint density at radius 3 is 1.42 bits per heavy atom. The number of pyridine rings is 3. The molecule has 23 nitrogen and oxygen atoms in total. The smallest absolute Gasteiger partial charge is 0.333 e. The standard InChI is InChI=1S/C23H22FN5O2.C22H25N7O2.C20H25N5O2/c24-19-3-1-2-17(11-19)14-27-7-4-18(15-27)10-16-5-9-29-20(12-16)21(13-25-29)28-8-6-22(30)26-23(28)31;30-21-5-9-28(22(31)26-21)20-14-25-29-10-3-17(12-19(20)29)11-16-1-6-27(7-2-16)8-4-18-13-23-15-24-18;1-14(2)12-23-6-3-16(13-23)9-15-4-8-25-17(10-15)18(11-21-25)24-7-5-19(26)22-20(24)27/h1-3,5-6,8-9,11-13,18H,4,7,10,14-15H2,(H,26,30,31);3,5,9-10,12-16H,1-2,4,6-8,11H2,(H,23,24)(H,26,30,31);4-5,7-8,10-11,14,16H,3,6,9,12-13H2,1-2H3,(H,22,26,27). The van der Waals surface area contributed by atoms with Gasteiger partial charge in [0.25, 0.3) is 16.7 Å². The van der Waals surface area contributed by atoms with E-state index in [1.54, 1.807) is 50.6 Å². The van der Waals surface area contributed by atoms with E-state index in [1.165, 1.54) is 99.1 Å². The van der Waals surface area contributed by atoms with E-state index in [4.69, 9.17) is 0 Å². The summed E-state index contributed by atoms with van der Waals surface area (Å²) in [6.45, 7) is 14.0. The topological polar surface area (TPSA) is 255 Å². The molecule has 3 aliphatic heterocycles. The number of nitrogens with zero attached hydrogens (tertiary/aromatic N) is 13. The van der Waals surface area contributed by atoms with Crippen molar-refractivity contribution in [1.29, 1.82) is 0 Å². The van der Waals surface area contributed by atoms with Crippen LogP contribution in [-0.4, -0.2) is 135 Å². The normalized spacial score (nSPS) is 16.8. The van der Waals surface area contributed by atoms with Crippen LogP contribution in [0.4, 0.5) is 4.39 Å². The van der Waals surface area contributed by atoms with Crippen LogP contribution in [0.2, 0.25) is 0 Å². The number of hydrogen-bond acceptors (Lipinski definition) is 13. The first-order chi connectivity index (χ1) is 43.2. The molecule has 0 spiro atoms. The fraction of sp³-hybridized carbons (Fsp3) is 0.354. The molecule has 10 aromatic heterocycles. The molecule has 0 radical (unpaired) electrons. The summed E-state index contributed by atoms with van der Waals surface area (Å²) in [5.74, 6) is 2.32. The predicted molar refractivity (Wildman–Crippen MR) is 336 cm³/mol. The molecule has 3 saturated heterocycles. The number of benzene rings is 1. The van der Waals surface area contributed by atoms with Crippen molar-refractivity contribution in [2.45, 2.75) is 71.8 Å². The SMILES string of the molecule is CC(C)CN1CCC(Cc2ccn3ncc(-n4ccc(=O)[nH]c4=O)c3c2)C1.O=c1ccn(-c2cnn3ccc(CC4CCN(CCc5c[nH]cn5)CC4)cc23)c(=O)[nH]1.O=c1ccn(-c2cnn3ccc(CC4CCN(Cc5cccc(F)c5)C4)cc23)c(=O)[nH]1. The molecule has 14 rings (SSSR count). The summed E-state index contributed by atoms with van der Waals surface area (Å²) >= 11 is 0. The zero-order valence-electron chi connectivity index (χ0n) is 49.8. The van der Waals surface area contributed by atoms with Gasteiger partial charge in [-0.3, -0.25) is 47.9 Å². The van der Waals surface area contributed by atoms with Gasteiger partial charge in [0.05, 0.1) is 64.2 Å². The number of rotatable bonds is 16. The van der Waals surface area contributed by atoms with Gasteiger partial charge in [0.1, 0.15) is 5.82 Å². The van der Waals surface area contributed by atoms with Crippen LogP contribution in [0.1, 0.15) is 67.5 Å². The highest BCUT2D eigenvalue weighted by Crippen LogP contribution is 2.28. The molecule has 2 unspecified atom stereocenters. The van der Waals surface area contributed by atoms with E-state index >= 15 is 0 Å². The lowest BCUT2D eigenvalue weighted by Crippen LogP contribution is -2.35. The van der Waals surface area contributed by atoms with E-state index in [-0.39, 0.29) is 5.82 Å². The van der Waals surface area contributed by atoms with E-state index in [9.17, 15) is 33.2 Å². The molecular weight excluding hydrogens is 1130 g/mol. The predicted octanol–water partition coefficient (Wildman–Crippen LogP) is 5.46. The molecule has 0 bridgehead atoms. The van der Waals surface area contributed by atoms with Gasteiger partial charge in [-0.2, -0.15) is 15.3 Å². The minimum Gasteiger partial charge on any atom is -0.351 e. The monoisotopic (exact) mass is 1210 g/mol. The van der Waals surface area contributed by atoms with E-state index in [2.05, 4.69) is 105 Å². The van der Waals surface area contributed by atoms with Gasteiger partial charge in [-0.1, -0.05) is 26.0 Å². The summed E-state index contributed by atoms with van der Waals surface area (Å²) < 4.78 is 22.9. The van der Waals surface area contributed by atoms with Crippen LogP contribution < -0.4 is 33.7 Å². The number of hydrogen-bond donors (Lipinski definition) is 4. The van der Waals surface area contributed by atoms with Crippen LogP contribution in [0.3, 0.4) is 0 Å². The third kappa shape index (κ3) is 14.5. The number of piperidine rings is 1. The molecule has 460 valence electrons. The third-order valence-corrected chi connectivity index (χ3v) is 17.1. The first-order valence-electron chi connectivity index (χ1n) is 30.5. The van der Waals surface area contributed by atoms with Crippen molar-refractivity contribution in [3.8, 4) is 17.1 Å². The number of aromatic nitrogens is 14. The summed E-state index contributed by atoms with van der Waals surface area (Å²) in [7, 11) is 0. The van der Waals surface area contributed by atoms with Crippen molar-refractivity contribution >= 4 is 16.6 Å². The molecule has 3 aliphatic rings. The van der Waals surface area contributed by atoms with E-state index < -0.39 is 33.7 Å². The van der Waals surface area contributed by atoms with Crippen LogP contribution >= 0.6 is 0 Å². The number of nitrogens with one attached hydrogen (secondary N) is 4. The van der Waals surface area contributed by atoms with Crippen molar-refractivity contribution in [3.63, 3.8) is 0 Å². The maximum atomic E-state index is 13.4. The molecule has 89 heavy (non-hydrogen) atoms. The summed E-state index contributed by atoms with van der Waals surface area (Å²) in [6.07, 6.45) is 27.4. The maximum absolute atomic E-state index is 13.4. The number of likely N-dealkylation sites (tertiary alicyclic amines) is 3.